The van der Waals surface area contributed by atoms with Gasteiger partial charge in [0.15, 0.2) is 0 Å². The van der Waals surface area contributed by atoms with Crippen LogP contribution in [0.25, 0.3) is 0 Å². The van der Waals surface area contributed by atoms with E-state index < -0.39 is 18.0 Å². The van der Waals surface area contributed by atoms with Crippen molar-refractivity contribution in [1.82, 2.24) is 0 Å². The highest BCUT2D eigenvalue weighted by Gasteiger charge is 2.27. The van der Waals surface area contributed by atoms with E-state index >= 15 is 0 Å². The van der Waals surface area contributed by atoms with Crippen LogP contribution in [0.4, 0.5) is 0 Å². The van der Waals surface area contributed by atoms with Crippen LogP contribution >= 0.6 is 27.5 Å². The van der Waals surface area contributed by atoms with E-state index in [0.29, 0.717) is 10.6 Å². The fraction of sp³-hybridized carbons (Fsp3) is 0.417. The first-order valence-corrected chi connectivity index (χ1v) is 6.37. The number of aliphatic carboxylic acids is 1. The van der Waals surface area contributed by atoms with Crippen LogP contribution in [0.15, 0.2) is 22.7 Å². The van der Waals surface area contributed by atoms with Gasteiger partial charge in [0.05, 0.1) is 17.0 Å². The van der Waals surface area contributed by atoms with Crippen molar-refractivity contribution in [2.24, 2.45) is 11.8 Å². The van der Waals surface area contributed by atoms with E-state index in [-0.39, 0.29) is 5.92 Å². The predicted molar refractivity (Wildman–Crippen MR) is 70.1 cm³/mol. The van der Waals surface area contributed by atoms with Crippen molar-refractivity contribution in [3.8, 4) is 0 Å². The van der Waals surface area contributed by atoms with Crippen molar-refractivity contribution in [3.05, 3.63) is 33.3 Å². The monoisotopic (exact) mass is 320 g/mol. The Kier molecular flexibility index (Phi) is 4.98. The first-order valence-electron chi connectivity index (χ1n) is 5.20. The van der Waals surface area contributed by atoms with Crippen molar-refractivity contribution in [1.29, 1.82) is 0 Å². The fourth-order valence-corrected chi connectivity index (χ4v) is 1.93. The molecule has 0 saturated carbocycles. The molecular weight excluding hydrogens is 307 g/mol. The van der Waals surface area contributed by atoms with Gasteiger partial charge >= 0.3 is 5.97 Å². The molecule has 0 saturated heterocycles. The number of aliphatic hydroxyl groups excluding tert-OH is 1. The van der Waals surface area contributed by atoms with Crippen LogP contribution in [0, 0.1) is 11.8 Å². The van der Waals surface area contributed by atoms with Crippen LogP contribution in [0.5, 0.6) is 0 Å². The van der Waals surface area contributed by atoms with Gasteiger partial charge in [0.1, 0.15) is 0 Å². The van der Waals surface area contributed by atoms with Crippen LogP contribution in [-0.2, 0) is 4.79 Å². The summed E-state index contributed by atoms with van der Waals surface area (Å²) in [4.78, 5) is 10.9. The Hall–Kier alpha value is -0.580. The minimum absolute atomic E-state index is 0.384. The molecule has 0 aromatic heterocycles. The molecule has 3 nitrogen and oxygen atoms in total. The first kappa shape index (κ1) is 14.5. The Morgan fingerprint density at radius 3 is 2.47 bits per heavy atom. The summed E-state index contributed by atoms with van der Waals surface area (Å²) in [6.07, 6.45) is -0.841. The van der Waals surface area contributed by atoms with Crippen molar-refractivity contribution in [2.75, 3.05) is 0 Å². The summed E-state index contributed by atoms with van der Waals surface area (Å²) < 4.78 is 0.744. The molecule has 0 amide bonds. The molecule has 0 radical (unpaired) electrons. The summed E-state index contributed by atoms with van der Waals surface area (Å²) in [5, 5.41) is 19.5. The number of benzene rings is 1. The minimum atomic E-state index is -0.917. The maximum Gasteiger partial charge on any atom is 0.306 e. The molecule has 0 heterocycles. The molecule has 3 atom stereocenters. The van der Waals surface area contributed by atoms with Crippen molar-refractivity contribution in [2.45, 2.75) is 20.0 Å². The quantitative estimate of drug-likeness (QED) is 0.892. The molecule has 0 spiro atoms. The lowest BCUT2D eigenvalue weighted by atomic mass is 9.87. The average molecular weight is 322 g/mol. The van der Waals surface area contributed by atoms with Crippen LogP contribution < -0.4 is 0 Å². The van der Waals surface area contributed by atoms with E-state index in [2.05, 4.69) is 15.9 Å². The topological polar surface area (TPSA) is 57.5 Å². The van der Waals surface area contributed by atoms with Crippen molar-refractivity contribution < 1.29 is 15.0 Å². The number of carbonyl (C=O) groups is 1. The van der Waals surface area contributed by atoms with Crippen LogP contribution in [0.2, 0.25) is 5.02 Å². The van der Waals surface area contributed by atoms with Gasteiger partial charge in [-0.3, -0.25) is 4.79 Å². The summed E-state index contributed by atoms with van der Waals surface area (Å²) in [5.41, 5.74) is 0.624. The SMILES string of the molecule is CC(C(=O)O)C(C)C(O)c1ccc(Br)c(Cl)c1. The number of carboxylic acids is 1. The van der Waals surface area contributed by atoms with Crippen molar-refractivity contribution in [3.63, 3.8) is 0 Å². The van der Waals surface area contributed by atoms with Gasteiger partial charge < -0.3 is 10.2 Å². The molecule has 1 aromatic carbocycles. The zero-order valence-electron chi connectivity index (χ0n) is 9.52. The Morgan fingerprint density at radius 1 is 1.41 bits per heavy atom. The molecule has 1 rings (SSSR count). The second kappa shape index (κ2) is 5.85. The molecule has 0 aliphatic carbocycles. The Morgan fingerprint density at radius 2 is 2.00 bits per heavy atom. The maximum absolute atomic E-state index is 10.9. The van der Waals surface area contributed by atoms with Crippen LogP contribution in [-0.4, -0.2) is 16.2 Å². The molecule has 2 N–H and O–H groups in total. The number of carboxylic acid groups (broad SMARTS) is 1. The number of halogens is 2. The maximum atomic E-state index is 10.9. The molecule has 94 valence electrons. The Balaban J connectivity index is 2.92. The van der Waals surface area contributed by atoms with E-state index in [1.165, 1.54) is 0 Å². The molecule has 0 bridgehead atoms. The van der Waals surface area contributed by atoms with Gasteiger partial charge in [0, 0.05) is 4.47 Å². The van der Waals surface area contributed by atoms with Gasteiger partial charge in [-0.15, -0.1) is 0 Å². The summed E-state index contributed by atoms with van der Waals surface area (Å²) in [6.45, 7) is 3.29. The Labute approximate surface area is 114 Å². The third-order valence-corrected chi connectivity index (χ3v) is 4.19. The standard InChI is InChI=1S/C12H14BrClO3/c1-6(7(2)12(16)17)11(15)8-3-4-9(13)10(14)5-8/h3-7,11,15H,1-2H3,(H,16,17). The molecule has 0 fully saturated rings. The van der Waals surface area contributed by atoms with Gasteiger partial charge in [0.25, 0.3) is 0 Å². The normalized spacial score (nSPS) is 16.3. The fourth-order valence-electron chi connectivity index (χ4n) is 1.50. The lowest BCUT2D eigenvalue weighted by Gasteiger charge is -2.22. The van der Waals surface area contributed by atoms with Crippen LogP contribution in [0.3, 0.4) is 0 Å². The molecule has 3 unspecified atom stereocenters. The summed E-state index contributed by atoms with van der Waals surface area (Å²) in [7, 11) is 0. The van der Waals surface area contributed by atoms with Crippen LogP contribution in [0.1, 0.15) is 25.5 Å². The zero-order valence-corrected chi connectivity index (χ0v) is 11.9. The van der Waals surface area contributed by atoms with E-state index in [4.69, 9.17) is 16.7 Å². The third kappa shape index (κ3) is 3.44. The smallest absolute Gasteiger partial charge is 0.306 e. The highest BCUT2D eigenvalue weighted by Crippen LogP contribution is 2.32. The molecule has 17 heavy (non-hydrogen) atoms. The second-order valence-electron chi connectivity index (χ2n) is 4.10. The average Bonchev–Trinajstić information content (AvgIpc) is 2.29. The number of aliphatic hydroxyl groups is 1. The predicted octanol–water partition coefficient (Wildman–Crippen LogP) is 3.49. The van der Waals surface area contributed by atoms with E-state index in [0.717, 1.165) is 4.47 Å². The minimum Gasteiger partial charge on any atom is -0.481 e. The Bertz CT molecular complexity index is 422. The van der Waals surface area contributed by atoms with E-state index in [1.54, 1.807) is 32.0 Å². The lowest BCUT2D eigenvalue weighted by Crippen LogP contribution is -2.23. The summed E-state index contributed by atoms with van der Waals surface area (Å²) in [5.74, 6) is -1.92. The largest absolute Gasteiger partial charge is 0.481 e. The third-order valence-electron chi connectivity index (χ3n) is 2.96. The molecule has 0 aliphatic heterocycles. The van der Waals surface area contributed by atoms with Gasteiger partial charge in [-0.25, -0.2) is 0 Å². The number of hydrogen-bond donors (Lipinski definition) is 2. The molecule has 5 heteroatoms. The highest BCUT2D eigenvalue weighted by atomic mass is 79.9. The number of hydrogen-bond acceptors (Lipinski definition) is 2. The second-order valence-corrected chi connectivity index (χ2v) is 5.37. The van der Waals surface area contributed by atoms with Gasteiger partial charge in [0.2, 0.25) is 0 Å². The van der Waals surface area contributed by atoms with Gasteiger partial charge in [-0.1, -0.05) is 31.5 Å². The zero-order chi connectivity index (χ0) is 13.2. The molecule has 0 aliphatic rings. The first-order chi connectivity index (χ1) is 7.84. The highest BCUT2D eigenvalue weighted by molar-refractivity contribution is 9.10. The molecule has 1 aromatic rings. The lowest BCUT2D eigenvalue weighted by molar-refractivity contribution is -0.144. The van der Waals surface area contributed by atoms with Gasteiger partial charge in [-0.2, -0.15) is 0 Å². The van der Waals surface area contributed by atoms with Gasteiger partial charge in [-0.05, 0) is 39.5 Å². The van der Waals surface area contributed by atoms with Crippen molar-refractivity contribution >= 4 is 33.5 Å². The summed E-state index contributed by atoms with van der Waals surface area (Å²) in [6, 6.07) is 5.10. The van der Waals surface area contributed by atoms with E-state index in [1.807, 2.05) is 0 Å². The van der Waals surface area contributed by atoms with E-state index in [9.17, 15) is 9.90 Å². The number of rotatable bonds is 4. The molecular formula is C12H14BrClO3. The summed E-state index contributed by atoms with van der Waals surface area (Å²) >= 11 is 9.19.